The summed E-state index contributed by atoms with van der Waals surface area (Å²) in [6.07, 6.45) is 0. The lowest BCUT2D eigenvalue weighted by molar-refractivity contribution is -0.114. The quantitative estimate of drug-likeness (QED) is 0.857. The van der Waals surface area contributed by atoms with Gasteiger partial charge in [0, 0.05) is 6.92 Å². The molecule has 22 heavy (non-hydrogen) atoms. The third-order valence-electron chi connectivity index (χ3n) is 2.58. The molecule has 0 saturated heterocycles. The van der Waals surface area contributed by atoms with Crippen molar-refractivity contribution >= 4 is 50.2 Å². The Bertz CT molecular complexity index is 802. The highest BCUT2D eigenvalue weighted by Crippen LogP contribution is 2.31. The van der Waals surface area contributed by atoms with Crippen LogP contribution >= 0.6 is 22.9 Å². The van der Waals surface area contributed by atoms with Crippen LogP contribution in [-0.2, 0) is 14.8 Å². The Morgan fingerprint density at radius 1 is 1.27 bits per heavy atom. The average molecular weight is 361 g/mol. The second-order valence-corrected chi connectivity index (χ2v) is 7.88. The van der Waals surface area contributed by atoms with Crippen LogP contribution in [0.1, 0.15) is 6.92 Å². The number of carbonyl (C=O) groups is 1. The summed E-state index contributed by atoms with van der Waals surface area (Å²) in [6.45, 7) is 1.35. The number of benzene rings is 1. The Hall–Kier alpha value is -1.77. The minimum Gasteiger partial charge on any atom is -0.495 e. The molecule has 0 bridgehead atoms. The predicted octanol–water partition coefficient (Wildman–Crippen LogP) is 3.17. The van der Waals surface area contributed by atoms with E-state index in [1.54, 1.807) is 6.07 Å². The molecular weight excluding hydrogens is 348 g/mol. The number of carbonyl (C=O) groups excluding carboxylic acids is 1. The maximum absolute atomic E-state index is 12.2. The number of ether oxygens (including phenoxy) is 1. The van der Waals surface area contributed by atoms with Gasteiger partial charge in [-0.3, -0.25) is 9.52 Å². The number of hydrogen-bond donors (Lipinski definition) is 2. The summed E-state index contributed by atoms with van der Waals surface area (Å²) in [5.74, 6) is 0.140. The zero-order valence-electron chi connectivity index (χ0n) is 11.7. The molecule has 1 aromatic carbocycles. The number of methoxy groups -OCH3 is 1. The van der Waals surface area contributed by atoms with Gasteiger partial charge in [0.2, 0.25) is 5.91 Å². The Morgan fingerprint density at radius 2 is 2.00 bits per heavy atom. The van der Waals surface area contributed by atoms with Crippen molar-refractivity contribution < 1.29 is 17.9 Å². The average Bonchev–Trinajstić information content (AvgIpc) is 2.85. The van der Waals surface area contributed by atoms with E-state index in [2.05, 4.69) is 10.0 Å². The molecule has 2 aromatic rings. The third-order valence-corrected chi connectivity index (χ3v) is 5.68. The van der Waals surface area contributed by atoms with Crippen molar-refractivity contribution in [2.24, 2.45) is 0 Å². The zero-order valence-corrected chi connectivity index (χ0v) is 14.1. The summed E-state index contributed by atoms with van der Waals surface area (Å²) in [5, 5.41) is 2.58. The first-order valence-corrected chi connectivity index (χ1v) is 8.73. The molecule has 0 atom stereocenters. The molecule has 0 radical (unpaired) electrons. The van der Waals surface area contributed by atoms with Crippen molar-refractivity contribution in [3.05, 3.63) is 34.7 Å². The SMILES string of the molecule is COc1ccc(NS(=O)(=O)c2ccc(Cl)s2)cc1NC(C)=O. The van der Waals surface area contributed by atoms with E-state index in [1.807, 2.05) is 0 Å². The van der Waals surface area contributed by atoms with Crippen molar-refractivity contribution in [3.8, 4) is 5.75 Å². The number of rotatable bonds is 5. The molecule has 2 N–H and O–H groups in total. The number of nitrogens with one attached hydrogen (secondary N) is 2. The van der Waals surface area contributed by atoms with Gasteiger partial charge in [0.25, 0.3) is 10.0 Å². The standard InChI is InChI=1S/C13H13ClN2O4S2/c1-8(17)15-10-7-9(3-4-11(10)20-2)16-22(18,19)13-6-5-12(14)21-13/h3-7,16H,1-2H3,(H,15,17). The number of thiophene rings is 1. The summed E-state index contributed by atoms with van der Waals surface area (Å²) in [5.41, 5.74) is 0.675. The third kappa shape index (κ3) is 3.90. The lowest BCUT2D eigenvalue weighted by Gasteiger charge is -2.12. The van der Waals surface area contributed by atoms with E-state index < -0.39 is 10.0 Å². The second kappa shape index (κ2) is 6.55. The van der Waals surface area contributed by atoms with Crippen molar-refractivity contribution in [1.29, 1.82) is 0 Å². The van der Waals surface area contributed by atoms with Crippen LogP contribution in [0.4, 0.5) is 11.4 Å². The van der Waals surface area contributed by atoms with E-state index in [-0.39, 0.29) is 10.1 Å². The minimum atomic E-state index is -3.73. The fourth-order valence-electron chi connectivity index (χ4n) is 1.71. The Morgan fingerprint density at radius 3 is 2.55 bits per heavy atom. The van der Waals surface area contributed by atoms with Crippen LogP contribution in [0.15, 0.2) is 34.5 Å². The summed E-state index contributed by atoms with van der Waals surface area (Å²) in [4.78, 5) is 11.2. The van der Waals surface area contributed by atoms with Gasteiger partial charge in [-0.2, -0.15) is 0 Å². The normalized spacial score (nSPS) is 11.0. The van der Waals surface area contributed by atoms with Crippen molar-refractivity contribution in [1.82, 2.24) is 0 Å². The molecule has 0 unspecified atom stereocenters. The molecule has 0 fully saturated rings. The van der Waals surface area contributed by atoms with Gasteiger partial charge >= 0.3 is 0 Å². The van der Waals surface area contributed by atoms with Crippen molar-refractivity contribution in [3.63, 3.8) is 0 Å². The molecule has 0 saturated carbocycles. The van der Waals surface area contributed by atoms with E-state index in [1.165, 1.54) is 38.3 Å². The lowest BCUT2D eigenvalue weighted by Crippen LogP contribution is -2.12. The molecule has 118 valence electrons. The maximum atomic E-state index is 12.2. The fraction of sp³-hybridized carbons (Fsp3) is 0.154. The number of halogens is 1. The zero-order chi connectivity index (χ0) is 16.3. The summed E-state index contributed by atoms with van der Waals surface area (Å²) in [6, 6.07) is 7.51. The van der Waals surface area contributed by atoms with Crippen molar-refractivity contribution in [2.45, 2.75) is 11.1 Å². The van der Waals surface area contributed by atoms with E-state index in [0.29, 0.717) is 21.5 Å². The molecule has 0 spiro atoms. The smallest absolute Gasteiger partial charge is 0.271 e. The van der Waals surface area contributed by atoms with Gasteiger partial charge in [0.05, 0.1) is 22.8 Å². The number of sulfonamides is 1. The summed E-state index contributed by atoms with van der Waals surface area (Å²) < 4.78 is 32.5. The van der Waals surface area contributed by atoms with E-state index in [4.69, 9.17) is 16.3 Å². The molecule has 0 aliphatic rings. The van der Waals surface area contributed by atoms with Crippen molar-refractivity contribution in [2.75, 3.05) is 17.1 Å². The van der Waals surface area contributed by atoms with Gasteiger partial charge < -0.3 is 10.1 Å². The van der Waals surface area contributed by atoms with Gasteiger partial charge in [-0.1, -0.05) is 11.6 Å². The van der Waals surface area contributed by atoms with Gasteiger partial charge in [-0.25, -0.2) is 8.42 Å². The van der Waals surface area contributed by atoms with Crippen LogP contribution in [0.2, 0.25) is 4.34 Å². The number of anilines is 2. The van der Waals surface area contributed by atoms with Gasteiger partial charge in [-0.05, 0) is 30.3 Å². The molecule has 6 nitrogen and oxygen atoms in total. The first-order valence-electron chi connectivity index (χ1n) is 6.05. The van der Waals surface area contributed by atoms with Crippen LogP contribution in [0.5, 0.6) is 5.75 Å². The first-order chi connectivity index (χ1) is 10.3. The predicted molar refractivity (Wildman–Crippen MR) is 87.4 cm³/mol. The molecule has 2 rings (SSSR count). The Kier molecular flexibility index (Phi) is 4.94. The first kappa shape index (κ1) is 16.6. The van der Waals surface area contributed by atoms with E-state index >= 15 is 0 Å². The highest BCUT2D eigenvalue weighted by atomic mass is 35.5. The molecule has 9 heteroatoms. The number of amides is 1. The molecule has 1 aromatic heterocycles. The van der Waals surface area contributed by atoms with Gasteiger partial charge in [0.1, 0.15) is 9.96 Å². The maximum Gasteiger partial charge on any atom is 0.271 e. The Balaban J connectivity index is 2.31. The van der Waals surface area contributed by atoms with Gasteiger partial charge in [-0.15, -0.1) is 11.3 Å². The fourth-order valence-corrected chi connectivity index (χ4v) is 4.24. The van der Waals surface area contributed by atoms with Crippen LogP contribution in [0.3, 0.4) is 0 Å². The van der Waals surface area contributed by atoms with Crippen LogP contribution in [0.25, 0.3) is 0 Å². The van der Waals surface area contributed by atoms with E-state index in [9.17, 15) is 13.2 Å². The largest absolute Gasteiger partial charge is 0.495 e. The highest BCUT2D eigenvalue weighted by Gasteiger charge is 2.17. The highest BCUT2D eigenvalue weighted by molar-refractivity contribution is 7.94. The van der Waals surface area contributed by atoms with Crippen LogP contribution in [-0.4, -0.2) is 21.4 Å². The Labute approximate surface area is 137 Å². The lowest BCUT2D eigenvalue weighted by atomic mass is 10.2. The summed E-state index contributed by atoms with van der Waals surface area (Å²) >= 11 is 6.71. The molecule has 1 amide bonds. The topological polar surface area (TPSA) is 84.5 Å². The van der Waals surface area contributed by atoms with Crippen LogP contribution in [0, 0.1) is 0 Å². The van der Waals surface area contributed by atoms with Crippen LogP contribution < -0.4 is 14.8 Å². The summed E-state index contributed by atoms with van der Waals surface area (Å²) in [7, 11) is -2.27. The molecule has 1 heterocycles. The minimum absolute atomic E-state index is 0.106. The second-order valence-electron chi connectivity index (χ2n) is 4.26. The number of hydrogen-bond acceptors (Lipinski definition) is 5. The molecular formula is C13H13ClN2O4S2. The molecule has 0 aliphatic heterocycles. The van der Waals surface area contributed by atoms with E-state index in [0.717, 1.165) is 11.3 Å². The molecule has 0 aliphatic carbocycles. The van der Waals surface area contributed by atoms with Gasteiger partial charge in [0.15, 0.2) is 0 Å². The monoisotopic (exact) mass is 360 g/mol.